The SMILES string of the molecule is CC(C)C(=O)OC(OC(=O)c1cccc2c1OB(O)[C@@H](NC(=O)CC(F)(F)F)C2)C(C)C. The summed E-state index contributed by atoms with van der Waals surface area (Å²) in [5, 5.41) is 12.3. The van der Waals surface area contributed by atoms with Gasteiger partial charge in [-0.15, -0.1) is 0 Å². The molecule has 0 fully saturated rings. The number of alkyl halides is 3. The van der Waals surface area contributed by atoms with E-state index in [9.17, 15) is 32.6 Å². The van der Waals surface area contributed by atoms with E-state index >= 15 is 0 Å². The highest BCUT2D eigenvalue weighted by atomic mass is 19.4. The number of hydrogen-bond donors (Lipinski definition) is 2. The van der Waals surface area contributed by atoms with Gasteiger partial charge in [0.2, 0.25) is 12.2 Å². The maximum absolute atomic E-state index is 12.7. The third-order valence-electron chi connectivity index (χ3n) is 4.52. The quantitative estimate of drug-likeness (QED) is 0.366. The van der Waals surface area contributed by atoms with Crippen LogP contribution in [0.5, 0.6) is 5.75 Å². The molecule has 1 amide bonds. The number of carbonyl (C=O) groups excluding carboxylic acids is 3. The maximum Gasteiger partial charge on any atom is 0.547 e. The van der Waals surface area contributed by atoms with Gasteiger partial charge in [0.1, 0.15) is 17.7 Å². The molecule has 0 spiro atoms. The Morgan fingerprint density at radius 1 is 1.22 bits per heavy atom. The summed E-state index contributed by atoms with van der Waals surface area (Å²) in [5.41, 5.74) is 0.315. The fourth-order valence-electron chi connectivity index (χ4n) is 2.86. The second kappa shape index (κ2) is 10.2. The molecule has 1 unspecified atom stereocenters. The topological polar surface area (TPSA) is 111 Å². The van der Waals surface area contributed by atoms with Crippen LogP contribution in [0, 0.1) is 11.8 Å². The van der Waals surface area contributed by atoms with E-state index < -0.39 is 55.7 Å². The van der Waals surface area contributed by atoms with Crippen molar-refractivity contribution < 1.29 is 46.7 Å². The van der Waals surface area contributed by atoms with E-state index in [1.165, 1.54) is 12.1 Å². The molecule has 0 aliphatic carbocycles. The smallest absolute Gasteiger partial charge is 0.534 e. The highest BCUT2D eigenvalue weighted by molar-refractivity contribution is 6.47. The van der Waals surface area contributed by atoms with Gasteiger partial charge in [0.15, 0.2) is 0 Å². The van der Waals surface area contributed by atoms with E-state index in [0.29, 0.717) is 5.56 Å². The monoisotopic (exact) mass is 459 g/mol. The van der Waals surface area contributed by atoms with E-state index in [2.05, 4.69) is 5.32 Å². The molecular formula is C20H25BF3NO7. The van der Waals surface area contributed by atoms with E-state index in [-0.39, 0.29) is 23.7 Å². The van der Waals surface area contributed by atoms with Gasteiger partial charge < -0.3 is 24.5 Å². The van der Waals surface area contributed by atoms with Crippen LogP contribution < -0.4 is 9.97 Å². The second-order valence-electron chi connectivity index (χ2n) is 8.08. The predicted molar refractivity (Wildman–Crippen MR) is 106 cm³/mol. The zero-order valence-electron chi connectivity index (χ0n) is 18.1. The molecule has 1 aromatic rings. The molecule has 0 radical (unpaired) electrons. The maximum atomic E-state index is 12.7. The number of halogens is 3. The molecule has 0 aromatic heterocycles. The first-order valence-electron chi connectivity index (χ1n) is 10.0. The van der Waals surface area contributed by atoms with Crippen LogP contribution >= 0.6 is 0 Å². The number of nitrogens with one attached hydrogen (secondary N) is 1. The summed E-state index contributed by atoms with van der Waals surface area (Å²) in [5.74, 6) is -4.66. The minimum absolute atomic E-state index is 0.0241. The van der Waals surface area contributed by atoms with Gasteiger partial charge in [-0.25, -0.2) is 4.79 Å². The van der Waals surface area contributed by atoms with Crippen molar-refractivity contribution in [2.75, 3.05) is 0 Å². The van der Waals surface area contributed by atoms with Crippen molar-refractivity contribution in [1.82, 2.24) is 5.32 Å². The molecule has 2 N–H and O–H groups in total. The van der Waals surface area contributed by atoms with E-state index in [1.54, 1.807) is 33.8 Å². The van der Waals surface area contributed by atoms with Crippen LogP contribution in [-0.4, -0.2) is 48.4 Å². The normalized spacial score (nSPS) is 16.8. The largest absolute Gasteiger partial charge is 0.547 e. The Bertz CT molecular complexity index is 860. The second-order valence-corrected chi connectivity index (χ2v) is 8.08. The standard InChI is InChI=1S/C20H25BF3NO7/c1-10(2)17(27)30-19(11(3)4)31-18(28)13-7-5-6-12-8-14(21(29)32-16(12)13)25-15(26)9-20(22,23)24/h5-7,10-11,14,19,29H,8-9H2,1-4H3,(H,25,26)/t14-,19?/m0/s1. The molecule has 0 bridgehead atoms. The van der Waals surface area contributed by atoms with Crippen LogP contribution in [0.4, 0.5) is 13.2 Å². The summed E-state index contributed by atoms with van der Waals surface area (Å²) >= 11 is 0. The Kier molecular flexibility index (Phi) is 8.16. The van der Waals surface area contributed by atoms with Crippen molar-refractivity contribution in [3.63, 3.8) is 0 Å². The highest BCUT2D eigenvalue weighted by Gasteiger charge is 2.40. The first-order valence-corrected chi connectivity index (χ1v) is 10.0. The molecule has 1 aliphatic rings. The molecule has 1 aromatic carbocycles. The lowest BCUT2D eigenvalue weighted by Crippen LogP contribution is -2.53. The molecule has 8 nitrogen and oxygen atoms in total. The summed E-state index contributed by atoms with van der Waals surface area (Å²) in [6, 6.07) is 4.41. The summed E-state index contributed by atoms with van der Waals surface area (Å²) < 4.78 is 53.0. The van der Waals surface area contributed by atoms with Crippen molar-refractivity contribution >= 4 is 25.0 Å². The molecule has 12 heteroatoms. The zero-order chi connectivity index (χ0) is 24.2. The minimum atomic E-state index is -4.69. The number of ether oxygens (including phenoxy) is 2. The van der Waals surface area contributed by atoms with Crippen molar-refractivity contribution in [3.05, 3.63) is 29.3 Å². The average molecular weight is 459 g/mol. The molecule has 32 heavy (non-hydrogen) atoms. The van der Waals surface area contributed by atoms with Crippen molar-refractivity contribution in [1.29, 1.82) is 0 Å². The van der Waals surface area contributed by atoms with Gasteiger partial charge in [-0.3, -0.25) is 9.59 Å². The first-order chi connectivity index (χ1) is 14.8. The summed E-state index contributed by atoms with van der Waals surface area (Å²) in [7, 11) is -1.69. The fraction of sp³-hybridized carbons (Fsp3) is 0.550. The molecule has 0 saturated heterocycles. The van der Waals surface area contributed by atoms with Gasteiger partial charge in [-0.2, -0.15) is 13.2 Å². The number of amides is 1. The number of rotatable bonds is 7. The molecule has 0 saturated carbocycles. The zero-order valence-corrected chi connectivity index (χ0v) is 18.1. The Labute approximate surface area is 183 Å². The van der Waals surface area contributed by atoms with Gasteiger partial charge in [0, 0.05) is 5.92 Å². The highest BCUT2D eigenvalue weighted by Crippen LogP contribution is 2.31. The van der Waals surface area contributed by atoms with Crippen LogP contribution in [0.15, 0.2) is 18.2 Å². The Morgan fingerprint density at radius 2 is 1.88 bits per heavy atom. The van der Waals surface area contributed by atoms with Crippen molar-refractivity contribution in [2.24, 2.45) is 11.8 Å². The van der Waals surface area contributed by atoms with Crippen LogP contribution in [0.25, 0.3) is 0 Å². The van der Waals surface area contributed by atoms with Gasteiger partial charge in [0.05, 0.1) is 11.9 Å². The van der Waals surface area contributed by atoms with Gasteiger partial charge in [-0.1, -0.05) is 39.8 Å². The van der Waals surface area contributed by atoms with Crippen LogP contribution in [-0.2, 0) is 25.5 Å². The van der Waals surface area contributed by atoms with Gasteiger partial charge >= 0.3 is 25.2 Å². The van der Waals surface area contributed by atoms with Crippen LogP contribution in [0.1, 0.15) is 50.0 Å². The molecule has 2 atom stereocenters. The molecule has 1 aliphatic heterocycles. The number of hydrogen-bond acceptors (Lipinski definition) is 7. The number of carbonyl (C=O) groups is 3. The Balaban J connectivity index is 2.16. The lowest BCUT2D eigenvalue weighted by Gasteiger charge is -2.29. The lowest BCUT2D eigenvalue weighted by atomic mass is 9.72. The number of para-hydroxylation sites is 1. The minimum Gasteiger partial charge on any atom is -0.534 e. The Hall–Kier alpha value is -2.76. The Morgan fingerprint density at radius 3 is 2.44 bits per heavy atom. The third-order valence-corrected chi connectivity index (χ3v) is 4.52. The third kappa shape index (κ3) is 6.88. The number of fused-ring (bicyclic) bond motifs is 1. The van der Waals surface area contributed by atoms with Crippen molar-refractivity contribution in [3.8, 4) is 5.75 Å². The fourth-order valence-corrected chi connectivity index (χ4v) is 2.86. The van der Waals surface area contributed by atoms with Crippen LogP contribution in [0.2, 0.25) is 0 Å². The van der Waals surface area contributed by atoms with Crippen LogP contribution in [0.3, 0.4) is 0 Å². The number of benzene rings is 1. The molecular weight excluding hydrogens is 434 g/mol. The predicted octanol–water partition coefficient (Wildman–Crippen LogP) is 2.42. The molecule has 1 heterocycles. The van der Waals surface area contributed by atoms with E-state index in [4.69, 9.17) is 14.1 Å². The molecule has 2 rings (SSSR count). The van der Waals surface area contributed by atoms with Gasteiger partial charge in [0.25, 0.3) is 0 Å². The van der Waals surface area contributed by atoms with Crippen molar-refractivity contribution in [2.45, 2.75) is 58.9 Å². The molecule has 176 valence electrons. The summed E-state index contributed by atoms with van der Waals surface area (Å²) in [6.45, 7) is 6.66. The summed E-state index contributed by atoms with van der Waals surface area (Å²) in [4.78, 5) is 36.2. The first kappa shape index (κ1) is 25.5. The summed E-state index contributed by atoms with van der Waals surface area (Å²) in [6.07, 6.45) is -7.61. The average Bonchev–Trinajstić information content (AvgIpc) is 2.65. The van der Waals surface area contributed by atoms with E-state index in [1.807, 2.05) is 0 Å². The lowest BCUT2D eigenvalue weighted by molar-refractivity contribution is -0.179. The van der Waals surface area contributed by atoms with Gasteiger partial charge in [-0.05, 0) is 18.1 Å². The number of esters is 2. The van der Waals surface area contributed by atoms with E-state index in [0.717, 1.165) is 0 Å².